The summed E-state index contributed by atoms with van der Waals surface area (Å²) in [6, 6.07) is 8.11. The highest BCUT2D eigenvalue weighted by molar-refractivity contribution is 5.95. The van der Waals surface area contributed by atoms with Crippen LogP contribution in [-0.2, 0) is 9.59 Å². The van der Waals surface area contributed by atoms with E-state index in [1.165, 1.54) is 18.2 Å². The number of nitrogens with zero attached hydrogens (tertiary/aromatic N) is 2. The Morgan fingerprint density at radius 2 is 1.84 bits per heavy atom. The van der Waals surface area contributed by atoms with Gasteiger partial charge >= 0.3 is 5.97 Å². The Balaban J connectivity index is 2.17. The third-order valence-electron chi connectivity index (χ3n) is 5.31. The summed E-state index contributed by atoms with van der Waals surface area (Å²) in [5, 5.41) is 23.9. The average molecular weight is 438 g/mol. The summed E-state index contributed by atoms with van der Waals surface area (Å²) in [4.78, 5) is 22.5. The first-order valence-electron chi connectivity index (χ1n) is 10.5. The van der Waals surface area contributed by atoms with Gasteiger partial charge in [0.2, 0.25) is 0 Å². The smallest absolute Gasteiger partial charge is 0.310 e. The molecule has 168 valence electrons. The molecule has 0 aliphatic rings. The highest BCUT2D eigenvalue weighted by atomic mass is 19.1. The molecule has 0 radical (unpaired) electrons. The summed E-state index contributed by atoms with van der Waals surface area (Å²) in [6.45, 7) is 8.12. The summed E-state index contributed by atoms with van der Waals surface area (Å²) in [5.74, 6) is -2.01. The predicted octanol–water partition coefficient (Wildman–Crippen LogP) is 4.69. The van der Waals surface area contributed by atoms with Crippen LogP contribution in [0, 0.1) is 19.7 Å². The summed E-state index contributed by atoms with van der Waals surface area (Å²) < 4.78 is 15.4. The van der Waals surface area contributed by atoms with E-state index in [0.717, 1.165) is 33.5 Å². The van der Waals surface area contributed by atoms with Crippen LogP contribution < -0.4 is 0 Å². The molecule has 32 heavy (non-hydrogen) atoms. The van der Waals surface area contributed by atoms with Gasteiger partial charge in [0.15, 0.2) is 0 Å². The Morgan fingerprint density at radius 1 is 1.19 bits per heavy atom. The standard InChI is InChI=1S/C25H27FN2O4/c1-14(2)23-21(10-9-19(29)12-20(30)13-22(31)32)24(17-5-7-18(26)8-6-17)27-28-16(4)11-15(3)25(23)28/h5-11,14,19,29H,12-13H2,1-4H3,(H,31,32)/b10-9+. The van der Waals surface area contributed by atoms with Crippen LogP contribution in [0.2, 0.25) is 0 Å². The number of carbonyl (C=O) groups is 2. The Morgan fingerprint density at radius 3 is 2.44 bits per heavy atom. The number of aromatic nitrogens is 2. The van der Waals surface area contributed by atoms with Crippen LogP contribution in [0.5, 0.6) is 0 Å². The number of aliphatic carboxylic acids is 1. The number of rotatable bonds is 8. The molecule has 3 rings (SSSR count). The summed E-state index contributed by atoms with van der Waals surface area (Å²) >= 11 is 0. The molecule has 0 saturated heterocycles. The Bertz CT molecular complexity index is 1190. The van der Waals surface area contributed by atoms with E-state index in [4.69, 9.17) is 10.2 Å². The van der Waals surface area contributed by atoms with Crippen molar-refractivity contribution in [2.24, 2.45) is 0 Å². The molecule has 2 aromatic heterocycles. The number of halogens is 1. The highest BCUT2D eigenvalue weighted by Gasteiger charge is 2.21. The molecule has 7 heteroatoms. The number of carboxylic acids is 1. The molecule has 0 fully saturated rings. The molecule has 6 nitrogen and oxygen atoms in total. The molecular formula is C25H27FN2O4. The quantitative estimate of drug-likeness (QED) is 0.498. The van der Waals surface area contributed by atoms with Crippen molar-refractivity contribution in [1.29, 1.82) is 0 Å². The van der Waals surface area contributed by atoms with E-state index >= 15 is 0 Å². The largest absolute Gasteiger partial charge is 0.481 e. The van der Waals surface area contributed by atoms with Crippen LogP contribution in [0.25, 0.3) is 22.9 Å². The van der Waals surface area contributed by atoms with Gasteiger partial charge in [0.05, 0.1) is 17.3 Å². The summed E-state index contributed by atoms with van der Waals surface area (Å²) in [6.07, 6.45) is 1.16. The fourth-order valence-corrected chi connectivity index (χ4v) is 3.97. The third-order valence-corrected chi connectivity index (χ3v) is 5.31. The van der Waals surface area contributed by atoms with Crippen molar-refractivity contribution in [3.05, 3.63) is 64.6 Å². The molecule has 1 atom stereocenters. The van der Waals surface area contributed by atoms with Gasteiger partial charge in [-0.05, 0) is 61.2 Å². The third kappa shape index (κ3) is 4.94. The SMILES string of the molecule is Cc1cc(C)n2nc(-c3ccc(F)cc3)c(/C=C/C(O)CC(=O)CC(=O)O)c(C(C)C)c12. The maximum Gasteiger partial charge on any atom is 0.310 e. The molecular weight excluding hydrogens is 411 g/mol. The second-order valence-electron chi connectivity index (χ2n) is 8.31. The zero-order valence-corrected chi connectivity index (χ0v) is 18.6. The van der Waals surface area contributed by atoms with Crippen LogP contribution in [-0.4, -0.2) is 37.7 Å². The van der Waals surface area contributed by atoms with Crippen LogP contribution in [0.1, 0.15) is 55.0 Å². The molecule has 0 aliphatic carbocycles. The first-order chi connectivity index (χ1) is 15.1. The molecule has 2 heterocycles. The number of aliphatic hydroxyl groups excluding tert-OH is 1. The van der Waals surface area contributed by atoms with E-state index in [2.05, 4.69) is 19.9 Å². The number of carboxylic acid groups (broad SMARTS) is 1. The minimum absolute atomic E-state index is 0.109. The Kier molecular flexibility index (Phi) is 6.89. The van der Waals surface area contributed by atoms with Crippen LogP contribution in [0.3, 0.4) is 0 Å². The van der Waals surface area contributed by atoms with Gasteiger partial charge in [-0.15, -0.1) is 0 Å². The molecule has 3 aromatic rings. The topological polar surface area (TPSA) is 91.9 Å². The number of benzene rings is 1. The number of hydrogen-bond donors (Lipinski definition) is 2. The lowest BCUT2D eigenvalue weighted by Gasteiger charge is -2.18. The van der Waals surface area contributed by atoms with E-state index in [-0.39, 0.29) is 18.2 Å². The van der Waals surface area contributed by atoms with E-state index in [1.54, 1.807) is 18.2 Å². The fourth-order valence-electron chi connectivity index (χ4n) is 3.97. The molecule has 0 aliphatic heterocycles. The van der Waals surface area contributed by atoms with Crippen molar-refractivity contribution in [3.63, 3.8) is 0 Å². The first-order valence-corrected chi connectivity index (χ1v) is 10.5. The van der Waals surface area contributed by atoms with Crippen LogP contribution >= 0.6 is 0 Å². The highest BCUT2D eigenvalue weighted by Crippen LogP contribution is 2.35. The predicted molar refractivity (Wildman–Crippen MR) is 121 cm³/mol. The minimum Gasteiger partial charge on any atom is -0.481 e. The normalized spacial score (nSPS) is 12.7. The maximum atomic E-state index is 13.6. The number of carbonyl (C=O) groups excluding carboxylic acids is 1. The zero-order chi connectivity index (χ0) is 23.6. The van der Waals surface area contributed by atoms with Crippen LogP contribution in [0.4, 0.5) is 4.39 Å². The summed E-state index contributed by atoms with van der Waals surface area (Å²) in [5.41, 5.74) is 6.14. The molecule has 0 saturated carbocycles. The number of Topliss-reactive ketones (excluding diaryl/α,β-unsaturated/α-hetero) is 1. The van der Waals surface area contributed by atoms with E-state index < -0.39 is 24.3 Å². The molecule has 0 bridgehead atoms. The van der Waals surface area contributed by atoms with Crippen molar-refractivity contribution in [2.45, 2.75) is 52.6 Å². The first kappa shape index (κ1) is 23.3. The summed E-state index contributed by atoms with van der Waals surface area (Å²) in [7, 11) is 0. The van der Waals surface area contributed by atoms with Crippen molar-refractivity contribution in [2.75, 3.05) is 0 Å². The van der Waals surface area contributed by atoms with Gasteiger partial charge in [-0.25, -0.2) is 8.91 Å². The van der Waals surface area contributed by atoms with Gasteiger partial charge in [0.25, 0.3) is 0 Å². The van der Waals surface area contributed by atoms with Gasteiger partial charge in [0.1, 0.15) is 18.0 Å². The second-order valence-corrected chi connectivity index (χ2v) is 8.31. The van der Waals surface area contributed by atoms with E-state index in [0.29, 0.717) is 5.69 Å². The van der Waals surface area contributed by atoms with Crippen molar-refractivity contribution in [3.8, 4) is 11.3 Å². The van der Waals surface area contributed by atoms with Crippen molar-refractivity contribution in [1.82, 2.24) is 9.61 Å². The lowest BCUT2D eigenvalue weighted by Crippen LogP contribution is -2.14. The van der Waals surface area contributed by atoms with Gasteiger partial charge < -0.3 is 10.2 Å². The number of hydrogen-bond acceptors (Lipinski definition) is 4. The van der Waals surface area contributed by atoms with Crippen molar-refractivity contribution < 1.29 is 24.2 Å². The number of ketones is 1. The minimum atomic E-state index is -1.22. The molecule has 1 unspecified atom stereocenters. The molecule has 0 spiro atoms. The van der Waals surface area contributed by atoms with Gasteiger partial charge in [0, 0.05) is 23.2 Å². The molecule has 2 N–H and O–H groups in total. The van der Waals surface area contributed by atoms with Gasteiger partial charge in [-0.2, -0.15) is 5.10 Å². The Labute approximate surface area is 186 Å². The second kappa shape index (κ2) is 9.44. The maximum absolute atomic E-state index is 13.6. The number of fused-ring (bicyclic) bond motifs is 1. The molecule has 0 amide bonds. The lowest BCUT2D eigenvalue weighted by atomic mass is 9.92. The fraction of sp³-hybridized carbons (Fsp3) is 0.320. The number of aryl methyl sites for hydroxylation is 2. The van der Waals surface area contributed by atoms with E-state index in [1.807, 2.05) is 18.4 Å². The average Bonchev–Trinajstić information content (AvgIpc) is 2.98. The molecule has 1 aromatic carbocycles. The van der Waals surface area contributed by atoms with E-state index in [9.17, 15) is 19.1 Å². The van der Waals surface area contributed by atoms with Crippen LogP contribution in [0.15, 0.2) is 36.4 Å². The van der Waals surface area contributed by atoms with Gasteiger partial charge in [-0.1, -0.05) is 26.0 Å². The lowest BCUT2D eigenvalue weighted by molar-refractivity contribution is -0.140. The van der Waals surface area contributed by atoms with Crippen molar-refractivity contribution >= 4 is 23.3 Å². The Hall–Kier alpha value is -3.32. The van der Waals surface area contributed by atoms with Gasteiger partial charge in [-0.3, -0.25) is 9.59 Å². The zero-order valence-electron chi connectivity index (χ0n) is 18.6. The monoisotopic (exact) mass is 438 g/mol. The number of aliphatic hydroxyl groups is 1.